The smallest absolute Gasteiger partial charge is 0.305 e. The van der Waals surface area contributed by atoms with Gasteiger partial charge >= 0.3 is 5.97 Å². The highest BCUT2D eigenvalue weighted by atomic mass is 32.2. The molecule has 1 aliphatic rings. The van der Waals surface area contributed by atoms with Crippen LogP contribution in [-0.4, -0.2) is 42.4 Å². The van der Waals surface area contributed by atoms with E-state index in [4.69, 9.17) is 5.11 Å². The topological polar surface area (TPSA) is 101 Å². The van der Waals surface area contributed by atoms with E-state index in [9.17, 15) is 18.0 Å². The molecule has 0 spiro atoms. The monoisotopic (exact) mass is 263 g/mol. The largest absolute Gasteiger partial charge is 0.481 e. The summed E-state index contributed by atoms with van der Waals surface area (Å²) in [4.78, 5) is 22.2. The predicted molar refractivity (Wildman–Crippen MR) is 61.3 cm³/mol. The zero-order valence-corrected chi connectivity index (χ0v) is 10.5. The minimum absolute atomic E-state index is 0.0909. The fourth-order valence-corrected chi connectivity index (χ4v) is 2.55. The molecular formula is C10H17NO5S. The van der Waals surface area contributed by atoms with Gasteiger partial charge in [-0.25, -0.2) is 8.42 Å². The molecule has 1 rings (SSSR count). The molecule has 0 radical (unpaired) electrons. The van der Waals surface area contributed by atoms with E-state index in [2.05, 4.69) is 5.32 Å². The van der Waals surface area contributed by atoms with Gasteiger partial charge in [-0.05, 0) is 19.3 Å². The number of carboxylic acid groups (broad SMARTS) is 1. The summed E-state index contributed by atoms with van der Waals surface area (Å²) in [6.45, 7) is 1.47. The maximum Gasteiger partial charge on any atom is 0.305 e. The summed E-state index contributed by atoms with van der Waals surface area (Å²) in [5, 5.41) is 11.3. The molecule has 0 heterocycles. The van der Waals surface area contributed by atoms with Crippen molar-refractivity contribution in [2.24, 2.45) is 0 Å². The van der Waals surface area contributed by atoms with Crippen LogP contribution in [0.15, 0.2) is 0 Å². The molecule has 0 unspecified atom stereocenters. The van der Waals surface area contributed by atoms with Crippen LogP contribution in [0, 0.1) is 0 Å². The number of hydrogen-bond acceptors (Lipinski definition) is 4. The number of carbonyl (C=O) groups is 2. The first-order chi connectivity index (χ1) is 7.79. The zero-order valence-electron chi connectivity index (χ0n) is 9.73. The van der Waals surface area contributed by atoms with Gasteiger partial charge in [0.2, 0.25) is 5.91 Å². The van der Waals surface area contributed by atoms with E-state index in [1.54, 1.807) is 0 Å². The van der Waals surface area contributed by atoms with Crippen LogP contribution in [0.2, 0.25) is 0 Å². The van der Waals surface area contributed by atoms with Crippen molar-refractivity contribution in [1.82, 2.24) is 5.32 Å². The summed E-state index contributed by atoms with van der Waals surface area (Å²) >= 11 is 0. The SMILES string of the molecule is CCS(=O)(=O)CC(=O)NC1(CC(=O)O)CCC1. The number of aliphatic carboxylic acids is 1. The van der Waals surface area contributed by atoms with E-state index in [1.807, 2.05) is 0 Å². The highest BCUT2D eigenvalue weighted by Crippen LogP contribution is 2.34. The maximum absolute atomic E-state index is 11.5. The van der Waals surface area contributed by atoms with Gasteiger partial charge in [-0.2, -0.15) is 0 Å². The van der Waals surface area contributed by atoms with Crippen molar-refractivity contribution in [2.45, 2.75) is 38.1 Å². The van der Waals surface area contributed by atoms with Gasteiger partial charge in [-0.1, -0.05) is 6.92 Å². The minimum atomic E-state index is -3.36. The first kappa shape index (κ1) is 14.0. The standard InChI is InChI=1S/C10H17NO5S/c1-2-17(15,16)7-8(12)11-10(4-3-5-10)6-9(13)14/h2-7H2,1H3,(H,11,12)(H,13,14). The van der Waals surface area contributed by atoms with Gasteiger partial charge in [0.15, 0.2) is 9.84 Å². The summed E-state index contributed by atoms with van der Waals surface area (Å²) in [5.74, 6) is -2.24. The van der Waals surface area contributed by atoms with Crippen LogP contribution in [-0.2, 0) is 19.4 Å². The molecular weight excluding hydrogens is 246 g/mol. The summed E-state index contributed by atoms with van der Waals surface area (Å²) < 4.78 is 22.5. The molecule has 0 atom stereocenters. The van der Waals surface area contributed by atoms with Gasteiger partial charge in [0, 0.05) is 5.75 Å². The lowest BCUT2D eigenvalue weighted by atomic mass is 9.74. The van der Waals surface area contributed by atoms with E-state index in [0.29, 0.717) is 12.8 Å². The second-order valence-corrected chi connectivity index (χ2v) is 6.78. The Hall–Kier alpha value is -1.11. The summed E-state index contributed by atoms with van der Waals surface area (Å²) in [5.41, 5.74) is -0.730. The van der Waals surface area contributed by atoms with Crippen LogP contribution in [0.5, 0.6) is 0 Å². The molecule has 0 aliphatic heterocycles. The van der Waals surface area contributed by atoms with Gasteiger partial charge in [0.1, 0.15) is 5.75 Å². The Morgan fingerprint density at radius 3 is 2.29 bits per heavy atom. The number of hydrogen-bond donors (Lipinski definition) is 2. The molecule has 1 fully saturated rings. The summed E-state index contributed by atoms with van der Waals surface area (Å²) in [6.07, 6.45) is 1.90. The maximum atomic E-state index is 11.5. The summed E-state index contributed by atoms with van der Waals surface area (Å²) in [6, 6.07) is 0. The Labute approximate surface area is 100 Å². The molecule has 0 aromatic rings. The number of nitrogens with one attached hydrogen (secondary N) is 1. The highest BCUT2D eigenvalue weighted by Gasteiger charge is 2.40. The predicted octanol–water partition coefficient (Wildman–Crippen LogP) is -0.0653. The average molecular weight is 263 g/mol. The minimum Gasteiger partial charge on any atom is -0.481 e. The van der Waals surface area contributed by atoms with Crippen molar-refractivity contribution in [3.63, 3.8) is 0 Å². The van der Waals surface area contributed by atoms with Crippen molar-refractivity contribution < 1.29 is 23.1 Å². The lowest BCUT2D eigenvalue weighted by molar-refractivity contribution is -0.140. The molecule has 0 bridgehead atoms. The van der Waals surface area contributed by atoms with E-state index in [1.165, 1.54) is 6.92 Å². The Morgan fingerprint density at radius 1 is 1.35 bits per heavy atom. The van der Waals surface area contributed by atoms with Gasteiger partial charge in [-0.15, -0.1) is 0 Å². The van der Waals surface area contributed by atoms with Crippen molar-refractivity contribution in [3.05, 3.63) is 0 Å². The molecule has 2 N–H and O–H groups in total. The van der Waals surface area contributed by atoms with E-state index in [-0.39, 0.29) is 12.2 Å². The fraction of sp³-hybridized carbons (Fsp3) is 0.800. The number of sulfone groups is 1. The molecule has 0 saturated heterocycles. The third-order valence-electron chi connectivity index (χ3n) is 3.00. The highest BCUT2D eigenvalue weighted by molar-refractivity contribution is 7.92. The lowest BCUT2D eigenvalue weighted by Crippen LogP contribution is -2.55. The van der Waals surface area contributed by atoms with Gasteiger partial charge < -0.3 is 10.4 Å². The van der Waals surface area contributed by atoms with Gasteiger partial charge in [0.05, 0.1) is 12.0 Å². The van der Waals surface area contributed by atoms with Crippen LogP contribution in [0.3, 0.4) is 0 Å². The van der Waals surface area contributed by atoms with E-state index >= 15 is 0 Å². The molecule has 1 amide bonds. The van der Waals surface area contributed by atoms with Gasteiger partial charge in [0.25, 0.3) is 0 Å². The second-order valence-electron chi connectivity index (χ2n) is 4.43. The van der Waals surface area contributed by atoms with Crippen molar-refractivity contribution in [3.8, 4) is 0 Å². The molecule has 0 aromatic heterocycles. The summed E-state index contributed by atoms with van der Waals surface area (Å²) in [7, 11) is -3.36. The first-order valence-corrected chi connectivity index (χ1v) is 7.34. The van der Waals surface area contributed by atoms with Gasteiger partial charge in [-0.3, -0.25) is 9.59 Å². The number of rotatable bonds is 6. The van der Waals surface area contributed by atoms with Crippen LogP contribution in [0.1, 0.15) is 32.6 Å². The Balaban J connectivity index is 2.58. The first-order valence-electron chi connectivity index (χ1n) is 5.52. The molecule has 1 aliphatic carbocycles. The van der Waals surface area contributed by atoms with Crippen LogP contribution >= 0.6 is 0 Å². The van der Waals surface area contributed by atoms with E-state index < -0.39 is 33.0 Å². The van der Waals surface area contributed by atoms with Crippen LogP contribution in [0.4, 0.5) is 0 Å². The Morgan fingerprint density at radius 2 is 1.94 bits per heavy atom. The quantitative estimate of drug-likeness (QED) is 0.699. The molecule has 7 heteroatoms. The molecule has 17 heavy (non-hydrogen) atoms. The molecule has 0 aromatic carbocycles. The second kappa shape index (κ2) is 5.03. The van der Waals surface area contributed by atoms with Crippen LogP contribution in [0.25, 0.3) is 0 Å². The number of amides is 1. The fourth-order valence-electron chi connectivity index (χ4n) is 1.87. The number of carbonyl (C=O) groups excluding carboxylic acids is 1. The van der Waals surface area contributed by atoms with Crippen molar-refractivity contribution >= 4 is 21.7 Å². The normalized spacial score (nSPS) is 18.2. The number of carboxylic acids is 1. The lowest BCUT2D eigenvalue weighted by Gasteiger charge is -2.41. The van der Waals surface area contributed by atoms with E-state index in [0.717, 1.165) is 6.42 Å². The third-order valence-corrected chi connectivity index (χ3v) is 4.58. The molecule has 6 nitrogen and oxygen atoms in total. The third kappa shape index (κ3) is 3.99. The van der Waals surface area contributed by atoms with Crippen LogP contribution < -0.4 is 5.32 Å². The Kier molecular flexibility index (Phi) is 4.13. The van der Waals surface area contributed by atoms with Crippen molar-refractivity contribution in [2.75, 3.05) is 11.5 Å². The Bertz CT molecular complexity index is 410. The molecule has 98 valence electrons. The molecule has 1 saturated carbocycles. The average Bonchev–Trinajstić information content (AvgIpc) is 2.12. The zero-order chi connectivity index (χ0) is 13.1. The van der Waals surface area contributed by atoms with Crippen molar-refractivity contribution in [1.29, 1.82) is 0 Å².